The van der Waals surface area contributed by atoms with E-state index >= 15 is 0 Å². The van der Waals surface area contributed by atoms with E-state index in [2.05, 4.69) is 10.6 Å². The average molecular weight is 339 g/mol. The maximum absolute atomic E-state index is 12.8. The van der Waals surface area contributed by atoms with E-state index in [-0.39, 0.29) is 29.8 Å². The van der Waals surface area contributed by atoms with Crippen molar-refractivity contribution < 1.29 is 18.0 Å². The van der Waals surface area contributed by atoms with Gasteiger partial charge in [0.1, 0.15) is 0 Å². The lowest BCUT2D eigenvalue weighted by molar-refractivity contribution is -0.125. The molecule has 0 aromatic heterocycles. The number of aryl methyl sites for hydroxylation is 1. The Morgan fingerprint density at radius 2 is 1.87 bits per heavy atom. The zero-order chi connectivity index (χ0) is 17.2. The Balaban J connectivity index is 2.32. The first-order valence-electron chi connectivity index (χ1n) is 7.32. The summed E-state index contributed by atoms with van der Waals surface area (Å²) in [5.74, 6) is -1.19. The third-order valence-corrected chi connectivity index (χ3v) is 5.96. The van der Waals surface area contributed by atoms with Crippen molar-refractivity contribution in [2.45, 2.75) is 24.8 Å². The number of rotatable bonds is 4. The zero-order valence-electron chi connectivity index (χ0n) is 13.4. The van der Waals surface area contributed by atoms with Crippen molar-refractivity contribution in [1.82, 2.24) is 14.9 Å². The smallest absolute Gasteiger partial charge is 0.243 e. The first kappa shape index (κ1) is 17.4. The zero-order valence-corrected chi connectivity index (χ0v) is 14.2. The monoisotopic (exact) mass is 339 g/mol. The summed E-state index contributed by atoms with van der Waals surface area (Å²) in [6, 6.07) is 6.17. The predicted octanol–water partition coefficient (Wildman–Crippen LogP) is -0.134. The highest BCUT2D eigenvalue weighted by molar-refractivity contribution is 7.89. The molecular weight excluding hydrogens is 318 g/mol. The maximum atomic E-state index is 12.8. The third kappa shape index (κ3) is 3.53. The van der Waals surface area contributed by atoms with Gasteiger partial charge in [0, 0.05) is 27.1 Å². The fourth-order valence-electron chi connectivity index (χ4n) is 2.81. The summed E-state index contributed by atoms with van der Waals surface area (Å²) >= 11 is 0. The second-order valence-corrected chi connectivity index (χ2v) is 7.52. The van der Waals surface area contributed by atoms with Gasteiger partial charge in [-0.2, -0.15) is 4.31 Å². The Hall–Kier alpha value is -1.93. The minimum Gasteiger partial charge on any atom is -0.359 e. The van der Waals surface area contributed by atoms with E-state index in [1.807, 2.05) is 0 Å². The molecule has 0 aliphatic carbocycles. The van der Waals surface area contributed by atoms with Crippen molar-refractivity contribution in [2.75, 3.05) is 20.1 Å². The lowest BCUT2D eigenvalue weighted by Gasteiger charge is -2.18. The largest absolute Gasteiger partial charge is 0.359 e. The standard InChI is InChI=1S/C15H21N3O4S/c1-10-6-4-5-7-14(10)23(21,22)18-8-12(15(20)16-3)13(9-18)17-11(2)19/h4-7,12-13H,8-9H2,1-3H3,(H,16,20)(H,17,19)/t12-,13-/m0/s1. The van der Waals surface area contributed by atoms with Crippen molar-refractivity contribution in [3.8, 4) is 0 Å². The molecule has 2 amide bonds. The van der Waals surface area contributed by atoms with Crippen LogP contribution in [0.15, 0.2) is 29.2 Å². The van der Waals surface area contributed by atoms with Crippen molar-refractivity contribution in [1.29, 1.82) is 0 Å². The Morgan fingerprint density at radius 3 is 2.43 bits per heavy atom. The van der Waals surface area contributed by atoms with Crippen molar-refractivity contribution in [3.63, 3.8) is 0 Å². The molecular formula is C15H21N3O4S. The molecule has 0 unspecified atom stereocenters. The molecule has 1 aromatic carbocycles. The van der Waals surface area contributed by atoms with Crippen LogP contribution in [0, 0.1) is 12.8 Å². The fraction of sp³-hybridized carbons (Fsp3) is 0.467. The maximum Gasteiger partial charge on any atom is 0.243 e. The van der Waals surface area contributed by atoms with Gasteiger partial charge in [-0.05, 0) is 18.6 Å². The normalized spacial score (nSPS) is 21.9. The number of nitrogens with zero attached hydrogens (tertiary/aromatic N) is 1. The molecule has 126 valence electrons. The van der Waals surface area contributed by atoms with Crippen LogP contribution in [-0.2, 0) is 19.6 Å². The van der Waals surface area contributed by atoms with E-state index in [4.69, 9.17) is 0 Å². The van der Waals surface area contributed by atoms with E-state index in [1.165, 1.54) is 18.3 Å². The number of amides is 2. The van der Waals surface area contributed by atoms with E-state index in [1.54, 1.807) is 31.2 Å². The lowest BCUT2D eigenvalue weighted by Crippen LogP contribution is -2.44. The first-order chi connectivity index (χ1) is 10.8. The van der Waals surface area contributed by atoms with Gasteiger partial charge in [0.15, 0.2) is 0 Å². The van der Waals surface area contributed by atoms with Gasteiger partial charge in [-0.1, -0.05) is 18.2 Å². The molecule has 1 saturated heterocycles. The van der Waals surface area contributed by atoms with Crippen molar-refractivity contribution in [2.24, 2.45) is 5.92 Å². The first-order valence-corrected chi connectivity index (χ1v) is 8.76. The average Bonchev–Trinajstić information content (AvgIpc) is 2.90. The van der Waals surface area contributed by atoms with Crippen LogP contribution in [0.4, 0.5) is 0 Å². The highest BCUT2D eigenvalue weighted by Gasteiger charge is 2.43. The lowest BCUT2D eigenvalue weighted by atomic mass is 10.0. The van der Waals surface area contributed by atoms with E-state index in [0.717, 1.165) is 0 Å². The van der Waals surface area contributed by atoms with E-state index in [0.29, 0.717) is 5.56 Å². The van der Waals surface area contributed by atoms with Gasteiger partial charge in [0.25, 0.3) is 0 Å². The summed E-state index contributed by atoms with van der Waals surface area (Å²) < 4.78 is 26.9. The molecule has 8 heteroatoms. The number of hydrogen-bond donors (Lipinski definition) is 2. The third-order valence-electron chi connectivity index (χ3n) is 3.97. The van der Waals surface area contributed by atoms with Gasteiger partial charge < -0.3 is 10.6 Å². The Kier molecular flexibility index (Phi) is 5.06. The van der Waals surface area contributed by atoms with Gasteiger partial charge in [-0.3, -0.25) is 9.59 Å². The van der Waals surface area contributed by atoms with Crippen LogP contribution in [0.25, 0.3) is 0 Å². The van der Waals surface area contributed by atoms with Gasteiger partial charge in [-0.15, -0.1) is 0 Å². The molecule has 1 heterocycles. The predicted molar refractivity (Wildman–Crippen MR) is 85.1 cm³/mol. The summed E-state index contributed by atoms with van der Waals surface area (Å²) in [5, 5.41) is 5.19. The number of carbonyl (C=O) groups is 2. The van der Waals surface area contributed by atoms with Crippen LogP contribution in [0.5, 0.6) is 0 Å². The Bertz CT molecular complexity index is 717. The van der Waals surface area contributed by atoms with Crippen molar-refractivity contribution >= 4 is 21.8 Å². The van der Waals surface area contributed by atoms with Crippen LogP contribution in [0.1, 0.15) is 12.5 Å². The summed E-state index contributed by atoms with van der Waals surface area (Å²) in [4.78, 5) is 23.5. The van der Waals surface area contributed by atoms with Crippen LogP contribution in [-0.4, -0.2) is 50.7 Å². The molecule has 0 bridgehead atoms. The molecule has 2 atom stereocenters. The topological polar surface area (TPSA) is 95.6 Å². The summed E-state index contributed by atoms with van der Waals surface area (Å²) in [6.45, 7) is 3.19. The molecule has 2 rings (SSSR count). The summed E-state index contributed by atoms with van der Waals surface area (Å²) in [5.41, 5.74) is 0.645. The quantitative estimate of drug-likeness (QED) is 0.798. The fourth-order valence-corrected chi connectivity index (χ4v) is 4.52. The van der Waals surface area contributed by atoms with Crippen LogP contribution in [0.3, 0.4) is 0 Å². The van der Waals surface area contributed by atoms with Gasteiger partial charge in [0.05, 0.1) is 16.9 Å². The van der Waals surface area contributed by atoms with Gasteiger partial charge >= 0.3 is 0 Å². The molecule has 1 aliphatic rings. The molecule has 1 fully saturated rings. The number of sulfonamides is 1. The molecule has 0 spiro atoms. The molecule has 0 radical (unpaired) electrons. The number of benzene rings is 1. The van der Waals surface area contributed by atoms with Crippen molar-refractivity contribution in [3.05, 3.63) is 29.8 Å². The molecule has 1 aromatic rings. The summed E-state index contributed by atoms with van der Waals surface area (Å²) in [6.07, 6.45) is 0. The minimum absolute atomic E-state index is 0.0429. The minimum atomic E-state index is -3.71. The Morgan fingerprint density at radius 1 is 1.22 bits per heavy atom. The molecule has 23 heavy (non-hydrogen) atoms. The van der Waals surface area contributed by atoms with Crippen LogP contribution >= 0.6 is 0 Å². The second kappa shape index (κ2) is 6.67. The van der Waals surface area contributed by atoms with Gasteiger partial charge in [0.2, 0.25) is 21.8 Å². The van der Waals surface area contributed by atoms with E-state index in [9.17, 15) is 18.0 Å². The SMILES string of the molecule is CNC(=O)[C@H]1CN(S(=O)(=O)c2ccccc2C)C[C@@H]1NC(C)=O. The van der Waals surface area contributed by atoms with Crippen LogP contribution in [0.2, 0.25) is 0 Å². The highest BCUT2D eigenvalue weighted by Crippen LogP contribution is 2.26. The Labute approximate surface area is 136 Å². The summed E-state index contributed by atoms with van der Waals surface area (Å²) in [7, 11) is -2.22. The number of nitrogens with one attached hydrogen (secondary N) is 2. The van der Waals surface area contributed by atoms with Gasteiger partial charge in [-0.25, -0.2) is 8.42 Å². The molecule has 7 nitrogen and oxygen atoms in total. The van der Waals surface area contributed by atoms with Crippen LogP contribution < -0.4 is 10.6 Å². The van der Waals surface area contributed by atoms with E-state index < -0.39 is 22.0 Å². The number of carbonyl (C=O) groups excluding carboxylic acids is 2. The second-order valence-electron chi connectivity index (χ2n) is 5.62. The molecule has 1 aliphatic heterocycles. The molecule has 2 N–H and O–H groups in total. The highest BCUT2D eigenvalue weighted by atomic mass is 32.2. The number of hydrogen-bond acceptors (Lipinski definition) is 4. The molecule has 0 saturated carbocycles.